The molecule has 2 heterocycles. The zero-order valence-electron chi connectivity index (χ0n) is 12.6. The fourth-order valence-electron chi connectivity index (χ4n) is 2.74. The van der Waals surface area contributed by atoms with Crippen LogP contribution in [0.5, 0.6) is 0 Å². The third-order valence-electron chi connectivity index (χ3n) is 3.82. The van der Waals surface area contributed by atoms with Crippen LogP contribution in [0.25, 0.3) is 0 Å². The van der Waals surface area contributed by atoms with E-state index in [1.54, 1.807) is 9.58 Å². The van der Waals surface area contributed by atoms with Crippen molar-refractivity contribution in [1.29, 1.82) is 0 Å². The van der Waals surface area contributed by atoms with Crippen LogP contribution in [0.4, 0.5) is 0 Å². The minimum Gasteiger partial charge on any atom is -0.481 e. The van der Waals surface area contributed by atoms with E-state index >= 15 is 0 Å². The highest BCUT2D eigenvalue weighted by Crippen LogP contribution is 2.20. The largest absolute Gasteiger partial charge is 0.481 e. The van der Waals surface area contributed by atoms with E-state index in [4.69, 9.17) is 4.74 Å². The maximum absolute atomic E-state index is 12.5. The van der Waals surface area contributed by atoms with Crippen molar-refractivity contribution < 1.29 is 19.4 Å². The van der Waals surface area contributed by atoms with Gasteiger partial charge in [0, 0.05) is 12.2 Å². The summed E-state index contributed by atoms with van der Waals surface area (Å²) in [6.45, 7) is 6.61. The Kier molecular flexibility index (Phi) is 4.62. The highest BCUT2D eigenvalue weighted by atomic mass is 16.5. The molecular formula is C14H21N3O4. The van der Waals surface area contributed by atoms with Crippen molar-refractivity contribution in [3.8, 4) is 0 Å². The van der Waals surface area contributed by atoms with Crippen LogP contribution >= 0.6 is 0 Å². The second kappa shape index (κ2) is 6.26. The predicted octanol–water partition coefficient (Wildman–Crippen LogP) is 0.448. The lowest BCUT2D eigenvalue weighted by atomic mass is 10.0. The summed E-state index contributed by atoms with van der Waals surface area (Å²) in [5, 5.41) is 13.5. The molecule has 2 atom stereocenters. The zero-order valence-corrected chi connectivity index (χ0v) is 12.6. The highest BCUT2D eigenvalue weighted by Gasteiger charge is 2.39. The third kappa shape index (κ3) is 3.24. The average Bonchev–Trinajstić information content (AvgIpc) is 2.98. The number of carbonyl (C=O) groups is 2. The van der Waals surface area contributed by atoms with Crippen molar-refractivity contribution >= 4 is 11.9 Å². The molecule has 1 fully saturated rings. The molecule has 116 valence electrons. The topological polar surface area (TPSA) is 84.7 Å². The Morgan fingerprint density at radius 2 is 2.19 bits per heavy atom. The molecule has 0 aromatic carbocycles. The number of aliphatic carboxylic acids is 1. The smallest absolute Gasteiger partial charge is 0.311 e. The number of carboxylic acids is 1. The maximum atomic E-state index is 12.5. The first-order chi connectivity index (χ1) is 9.93. The van der Waals surface area contributed by atoms with Gasteiger partial charge in [0.05, 0.1) is 24.9 Å². The van der Waals surface area contributed by atoms with Crippen LogP contribution in [0.2, 0.25) is 0 Å². The lowest BCUT2D eigenvalue weighted by Crippen LogP contribution is -2.47. The van der Waals surface area contributed by atoms with E-state index in [1.807, 2.05) is 26.8 Å². The molecule has 0 bridgehead atoms. The summed E-state index contributed by atoms with van der Waals surface area (Å²) in [7, 11) is 0. The molecule has 1 amide bonds. The van der Waals surface area contributed by atoms with Crippen LogP contribution in [0.3, 0.4) is 0 Å². The number of aryl methyl sites for hydroxylation is 2. The quantitative estimate of drug-likeness (QED) is 0.852. The number of hydrogen-bond donors (Lipinski definition) is 1. The molecular weight excluding hydrogens is 274 g/mol. The maximum Gasteiger partial charge on any atom is 0.311 e. The van der Waals surface area contributed by atoms with Gasteiger partial charge in [-0.25, -0.2) is 0 Å². The molecule has 0 radical (unpaired) electrons. The molecule has 21 heavy (non-hydrogen) atoms. The number of rotatable bonds is 5. The van der Waals surface area contributed by atoms with E-state index in [0.29, 0.717) is 6.54 Å². The summed E-state index contributed by atoms with van der Waals surface area (Å²) in [5.41, 5.74) is 1.77. The number of amides is 1. The fourth-order valence-corrected chi connectivity index (χ4v) is 2.74. The number of nitrogens with zero attached hydrogens (tertiary/aromatic N) is 3. The molecule has 1 saturated heterocycles. The van der Waals surface area contributed by atoms with Gasteiger partial charge in [-0.15, -0.1) is 0 Å². The summed E-state index contributed by atoms with van der Waals surface area (Å²) < 4.78 is 6.89. The molecule has 2 unspecified atom stereocenters. The molecule has 1 aliphatic heterocycles. The first kappa shape index (κ1) is 15.5. The molecule has 7 heteroatoms. The van der Waals surface area contributed by atoms with Crippen LogP contribution in [-0.2, 0) is 20.9 Å². The van der Waals surface area contributed by atoms with Crippen molar-refractivity contribution in [2.24, 2.45) is 5.92 Å². The van der Waals surface area contributed by atoms with Gasteiger partial charge in [0.15, 0.2) is 0 Å². The minimum absolute atomic E-state index is 0.121. The molecule has 0 spiro atoms. The molecule has 0 saturated carbocycles. The SMILES string of the molecule is CCN(C(=O)Cn1nc(C)cc1C)C1COCC1C(=O)O. The molecule has 1 aromatic heterocycles. The molecule has 2 rings (SSSR count). The predicted molar refractivity (Wildman–Crippen MR) is 74.8 cm³/mol. The Labute approximate surface area is 123 Å². The van der Waals surface area contributed by atoms with Crippen LogP contribution in [0.15, 0.2) is 6.07 Å². The van der Waals surface area contributed by atoms with Gasteiger partial charge in [0.1, 0.15) is 12.5 Å². The van der Waals surface area contributed by atoms with Gasteiger partial charge in [-0.1, -0.05) is 0 Å². The summed E-state index contributed by atoms with van der Waals surface area (Å²) in [6.07, 6.45) is 0. The summed E-state index contributed by atoms with van der Waals surface area (Å²) >= 11 is 0. The van der Waals surface area contributed by atoms with Crippen LogP contribution in [0, 0.1) is 19.8 Å². The highest BCUT2D eigenvalue weighted by molar-refractivity contribution is 5.78. The van der Waals surface area contributed by atoms with E-state index in [-0.39, 0.29) is 25.7 Å². The number of carboxylic acid groups (broad SMARTS) is 1. The minimum atomic E-state index is -0.921. The monoisotopic (exact) mass is 295 g/mol. The van der Waals surface area contributed by atoms with Crippen LogP contribution < -0.4 is 0 Å². The van der Waals surface area contributed by atoms with Crippen LogP contribution in [-0.4, -0.2) is 57.5 Å². The lowest BCUT2D eigenvalue weighted by molar-refractivity contribution is -0.145. The number of carbonyl (C=O) groups excluding carboxylic acids is 1. The van der Waals surface area contributed by atoms with Gasteiger partial charge in [-0.2, -0.15) is 5.10 Å². The number of hydrogen-bond acceptors (Lipinski definition) is 4. The molecule has 0 aliphatic carbocycles. The Hall–Kier alpha value is -1.89. The first-order valence-electron chi connectivity index (χ1n) is 7.05. The Morgan fingerprint density at radius 1 is 1.48 bits per heavy atom. The summed E-state index contributed by atoms with van der Waals surface area (Å²) in [5.74, 6) is -1.71. The fraction of sp³-hybridized carbons (Fsp3) is 0.643. The van der Waals surface area contributed by atoms with Gasteiger partial charge >= 0.3 is 5.97 Å². The van der Waals surface area contributed by atoms with Gasteiger partial charge in [0.2, 0.25) is 5.91 Å². The van der Waals surface area contributed by atoms with E-state index < -0.39 is 17.9 Å². The second-order valence-electron chi connectivity index (χ2n) is 5.31. The van der Waals surface area contributed by atoms with Gasteiger partial charge in [0.25, 0.3) is 0 Å². The molecule has 1 N–H and O–H groups in total. The van der Waals surface area contributed by atoms with Crippen molar-refractivity contribution in [3.63, 3.8) is 0 Å². The number of aromatic nitrogens is 2. The standard InChI is InChI=1S/C14H21N3O4/c1-4-16(12-8-21-7-11(12)14(19)20)13(18)6-17-10(3)5-9(2)15-17/h5,11-12H,4,6-8H2,1-3H3,(H,19,20). The van der Waals surface area contributed by atoms with Crippen molar-refractivity contribution in [3.05, 3.63) is 17.5 Å². The van der Waals surface area contributed by atoms with Crippen LogP contribution in [0.1, 0.15) is 18.3 Å². The van der Waals surface area contributed by atoms with Crippen molar-refractivity contribution in [1.82, 2.24) is 14.7 Å². The van der Waals surface area contributed by atoms with Gasteiger partial charge in [-0.05, 0) is 26.8 Å². The normalized spacial score (nSPS) is 21.5. The van der Waals surface area contributed by atoms with E-state index in [9.17, 15) is 14.7 Å². The zero-order chi connectivity index (χ0) is 15.6. The van der Waals surface area contributed by atoms with E-state index in [0.717, 1.165) is 11.4 Å². The number of ether oxygens (including phenoxy) is 1. The van der Waals surface area contributed by atoms with Crippen molar-refractivity contribution in [2.75, 3.05) is 19.8 Å². The molecule has 1 aliphatic rings. The summed E-state index contributed by atoms with van der Waals surface area (Å²) in [6, 6.07) is 1.50. The Bertz CT molecular complexity index is 540. The Balaban J connectivity index is 2.11. The molecule has 1 aromatic rings. The lowest BCUT2D eigenvalue weighted by Gasteiger charge is -2.29. The van der Waals surface area contributed by atoms with Crippen molar-refractivity contribution in [2.45, 2.75) is 33.4 Å². The second-order valence-corrected chi connectivity index (χ2v) is 5.31. The van der Waals surface area contributed by atoms with E-state index in [2.05, 4.69) is 5.10 Å². The summed E-state index contributed by atoms with van der Waals surface area (Å²) in [4.78, 5) is 25.3. The third-order valence-corrected chi connectivity index (χ3v) is 3.82. The Morgan fingerprint density at radius 3 is 2.71 bits per heavy atom. The first-order valence-corrected chi connectivity index (χ1v) is 7.05. The molecule has 7 nitrogen and oxygen atoms in total. The van der Waals surface area contributed by atoms with E-state index in [1.165, 1.54) is 0 Å². The van der Waals surface area contributed by atoms with Gasteiger partial charge < -0.3 is 14.7 Å². The van der Waals surface area contributed by atoms with Gasteiger partial charge in [-0.3, -0.25) is 14.3 Å². The number of likely N-dealkylation sites (N-methyl/N-ethyl adjacent to an activating group) is 1. The average molecular weight is 295 g/mol.